The van der Waals surface area contributed by atoms with Crippen LogP contribution in [-0.4, -0.2) is 25.2 Å². The van der Waals surface area contributed by atoms with Gasteiger partial charge >= 0.3 is 0 Å². The fourth-order valence-corrected chi connectivity index (χ4v) is 3.73. The first-order valence-electron chi connectivity index (χ1n) is 9.01. The number of aromatic nitrogens is 1. The van der Waals surface area contributed by atoms with E-state index in [0.717, 1.165) is 16.7 Å². The van der Waals surface area contributed by atoms with Gasteiger partial charge in [0.05, 0.1) is 10.5 Å². The number of nitrogens with one attached hydrogen (secondary N) is 3. The monoisotopic (exact) mass is 422 g/mol. The van der Waals surface area contributed by atoms with Gasteiger partial charge in [-0.3, -0.25) is 14.9 Å². The number of nitrogens with two attached hydrogens (primary N) is 1. The molecule has 0 aliphatic carbocycles. The number of primary sulfonamides is 1. The topological polar surface area (TPSA) is 134 Å². The zero-order valence-electron chi connectivity index (χ0n) is 15.7. The van der Waals surface area contributed by atoms with E-state index in [9.17, 15) is 18.0 Å². The van der Waals surface area contributed by atoms with E-state index in [1.54, 1.807) is 30.6 Å². The molecule has 0 saturated carbocycles. The molecule has 1 aliphatic rings. The maximum absolute atomic E-state index is 12.4. The number of hydrogen-bond donors (Lipinski definition) is 4. The van der Waals surface area contributed by atoms with Crippen molar-refractivity contribution in [2.75, 3.05) is 0 Å². The zero-order valence-corrected chi connectivity index (χ0v) is 16.5. The Morgan fingerprint density at radius 1 is 0.933 bits per heavy atom. The molecule has 3 aromatic rings. The van der Waals surface area contributed by atoms with Crippen LogP contribution in [0.1, 0.15) is 21.5 Å². The lowest BCUT2D eigenvalue weighted by atomic mass is 9.92. The van der Waals surface area contributed by atoms with Gasteiger partial charge in [-0.25, -0.2) is 13.6 Å². The van der Waals surface area contributed by atoms with Crippen LogP contribution in [0.25, 0.3) is 16.7 Å². The van der Waals surface area contributed by atoms with Crippen molar-refractivity contribution in [1.29, 1.82) is 0 Å². The van der Waals surface area contributed by atoms with Crippen LogP contribution in [-0.2, 0) is 21.4 Å². The predicted octanol–water partition coefficient (Wildman–Crippen LogP) is 1.73. The Morgan fingerprint density at radius 3 is 2.37 bits per heavy atom. The van der Waals surface area contributed by atoms with Gasteiger partial charge in [-0.15, -0.1) is 0 Å². The molecule has 9 heteroatoms. The zero-order chi connectivity index (χ0) is 21.3. The molecule has 0 fully saturated rings. The number of amides is 2. The second-order valence-corrected chi connectivity index (χ2v) is 8.33. The van der Waals surface area contributed by atoms with E-state index >= 15 is 0 Å². The quantitative estimate of drug-likeness (QED) is 0.367. The van der Waals surface area contributed by atoms with Crippen LogP contribution in [0.2, 0.25) is 0 Å². The second kappa shape index (κ2) is 7.62. The molecule has 0 saturated heterocycles. The maximum atomic E-state index is 12.4. The van der Waals surface area contributed by atoms with Crippen molar-refractivity contribution in [2.24, 2.45) is 5.14 Å². The highest BCUT2D eigenvalue weighted by molar-refractivity contribution is 7.89. The molecule has 8 nitrogen and oxygen atoms in total. The minimum absolute atomic E-state index is 0.0287. The number of benzene rings is 2. The van der Waals surface area contributed by atoms with E-state index in [-0.39, 0.29) is 4.90 Å². The summed E-state index contributed by atoms with van der Waals surface area (Å²) in [5.74, 6) is -0.929. The van der Waals surface area contributed by atoms with Crippen molar-refractivity contribution in [2.45, 2.75) is 11.4 Å². The molecule has 1 aromatic heterocycles. The first-order valence-corrected chi connectivity index (χ1v) is 10.6. The Labute approximate surface area is 172 Å². The molecule has 2 amide bonds. The average molecular weight is 422 g/mol. The lowest BCUT2D eigenvalue weighted by molar-refractivity contribution is -0.114. The fourth-order valence-electron chi connectivity index (χ4n) is 3.22. The van der Waals surface area contributed by atoms with Crippen molar-refractivity contribution in [1.82, 2.24) is 15.6 Å². The normalized spacial score (nSPS) is 15.0. The molecule has 0 unspecified atom stereocenters. The smallest absolute Gasteiger partial charge is 0.260 e. The molecule has 2 aromatic carbocycles. The molecule has 0 atom stereocenters. The molecule has 1 aliphatic heterocycles. The highest BCUT2D eigenvalue weighted by atomic mass is 32.2. The number of carbonyl (C=O) groups excluding carboxylic acids is 2. The van der Waals surface area contributed by atoms with Crippen molar-refractivity contribution >= 4 is 27.4 Å². The molecule has 30 heavy (non-hydrogen) atoms. The van der Waals surface area contributed by atoms with Gasteiger partial charge in [-0.1, -0.05) is 18.2 Å². The second-order valence-electron chi connectivity index (χ2n) is 6.77. The van der Waals surface area contributed by atoms with Crippen LogP contribution < -0.4 is 15.8 Å². The number of fused-ring (bicyclic) bond motifs is 1. The number of rotatable bonds is 5. The van der Waals surface area contributed by atoms with E-state index in [1.165, 1.54) is 12.1 Å². The summed E-state index contributed by atoms with van der Waals surface area (Å²) in [6.07, 6.45) is 5.18. The minimum atomic E-state index is -3.75. The van der Waals surface area contributed by atoms with E-state index in [0.29, 0.717) is 23.2 Å². The summed E-state index contributed by atoms with van der Waals surface area (Å²) < 4.78 is 22.7. The van der Waals surface area contributed by atoms with Gasteiger partial charge < -0.3 is 10.3 Å². The third-order valence-corrected chi connectivity index (χ3v) is 5.69. The first kappa shape index (κ1) is 19.6. The highest BCUT2D eigenvalue weighted by Gasteiger charge is 2.27. The molecule has 0 spiro atoms. The Balaban J connectivity index is 1.60. The average Bonchev–Trinajstić information content (AvgIpc) is 3.24. The van der Waals surface area contributed by atoms with Gasteiger partial charge in [0, 0.05) is 36.3 Å². The summed E-state index contributed by atoms with van der Waals surface area (Å²) in [5, 5.41) is 10.5. The minimum Gasteiger partial charge on any atom is -0.386 e. The largest absolute Gasteiger partial charge is 0.386 e. The SMILES string of the molecule is NS(=O)(=O)c1ccc(CN/C=C2\C(=O)NC(=O)c3ccc(-c4cc[nH]c4)cc32)cc1. The van der Waals surface area contributed by atoms with Crippen LogP contribution in [0, 0.1) is 0 Å². The Kier molecular flexibility index (Phi) is 4.98. The van der Waals surface area contributed by atoms with Crippen molar-refractivity contribution in [3.63, 3.8) is 0 Å². The number of imide groups is 1. The Hall–Kier alpha value is -3.69. The van der Waals surface area contributed by atoms with Crippen molar-refractivity contribution in [3.8, 4) is 11.1 Å². The standard InChI is InChI=1S/C21H18N4O4S/c22-30(28,29)16-4-1-13(2-5-16)10-24-12-19-18-9-14(15-7-8-23-11-15)3-6-17(18)20(26)25-21(19)27/h1-9,11-12,23-24H,10H2,(H2,22,28,29)(H,25,26,27)/b19-12-. The van der Waals surface area contributed by atoms with Crippen LogP contribution in [0.5, 0.6) is 0 Å². The number of aromatic amines is 1. The van der Waals surface area contributed by atoms with Gasteiger partial charge in [0.25, 0.3) is 11.8 Å². The summed E-state index contributed by atoms with van der Waals surface area (Å²) in [4.78, 5) is 27.7. The highest BCUT2D eigenvalue weighted by Crippen LogP contribution is 2.29. The van der Waals surface area contributed by atoms with Gasteiger partial charge in [-0.2, -0.15) is 0 Å². The van der Waals surface area contributed by atoms with E-state index in [4.69, 9.17) is 5.14 Å². The number of hydrogen-bond acceptors (Lipinski definition) is 5. The molecule has 4 rings (SSSR count). The third-order valence-electron chi connectivity index (χ3n) is 4.76. The van der Waals surface area contributed by atoms with Crippen molar-refractivity contribution in [3.05, 3.63) is 83.8 Å². The Morgan fingerprint density at radius 2 is 1.70 bits per heavy atom. The third kappa shape index (κ3) is 3.88. The summed E-state index contributed by atoms with van der Waals surface area (Å²) in [6.45, 7) is 0.350. The van der Waals surface area contributed by atoms with Crippen LogP contribution in [0.15, 0.2) is 72.0 Å². The molecule has 2 heterocycles. The molecular weight excluding hydrogens is 404 g/mol. The van der Waals surface area contributed by atoms with Gasteiger partial charge in [0.2, 0.25) is 10.0 Å². The lowest BCUT2D eigenvalue weighted by Crippen LogP contribution is -2.37. The van der Waals surface area contributed by atoms with Gasteiger partial charge in [0.15, 0.2) is 0 Å². The summed E-state index contributed by atoms with van der Waals surface area (Å²) in [7, 11) is -3.75. The predicted molar refractivity (Wildman–Crippen MR) is 111 cm³/mol. The van der Waals surface area contributed by atoms with Gasteiger partial charge in [0.1, 0.15) is 0 Å². The fraction of sp³-hybridized carbons (Fsp3) is 0.0476. The van der Waals surface area contributed by atoms with Crippen LogP contribution in [0.4, 0.5) is 0 Å². The summed E-state index contributed by atoms with van der Waals surface area (Å²) in [5.41, 5.74) is 3.91. The molecule has 0 radical (unpaired) electrons. The molecule has 5 N–H and O–H groups in total. The van der Waals surface area contributed by atoms with Crippen LogP contribution in [0.3, 0.4) is 0 Å². The molecular formula is C21H18N4O4S. The number of carbonyl (C=O) groups is 2. The van der Waals surface area contributed by atoms with Crippen molar-refractivity contribution < 1.29 is 18.0 Å². The van der Waals surface area contributed by atoms with E-state index in [2.05, 4.69) is 15.6 Å². The molecule has 0 bridgehead atoms. The summed E-state index contributed by atoms with van der Waals surface area (Å²) >= 11 is 0. The summed E-state index contributed by atoms with van der Waals surface area (Å²) in [6, 6.07) is 13.3. The van der Waals surface area contributed by atoms with E-state index in [1.807, 2.05) is 24.4 Å². The molecule has 152 valence electrons. The Bertz CT molecular complexity index is 1260. The van der Waals surface area contributed by atoms with E-state index < -0.39 is 21.8 Å². The number of H-pyrrole nitrogens is 1. The van der Waals surface area contributed by atoms with Gasteiger partial charge in [-0.05, 0) is 47.0 Å². The van der Waals surface area contributed by atoms with Crippen LogP contribution >= 0.6 is 0 Å². The first-order chi connectivity index (χ1) is 14.3. The number of sulfonamides is 1. The maximum Gasteiger partial charge on any atom is 0.260 e. The lowest BCUT2D eigenvalue weighted by Gasteiger charge is -2.19.